The van der Waals surface area contributed by atoms with Crippen molar-refractivity contribution in [2.45, 2.75) is 6.92 Å². The Balaban J connectivity index is 1.75. The summed E-state index contributed by atoms with van der Waals surface area (Å²) < 4.78 is 5.32. The summed E-state index contributed by atoms with van der Waals surface area (Å²) in [5.74, 6) is -0.489. The van der Waals surface area contributed by atoms with E-state index < -0.39 is 11.8 Å². The SMILES string of the molecule is Cc1cc(OCC(=O)NNC(=O)/C=C/c2ccc(C#N)cc2)ccc1Cl. The number of carbonyl (C=O) groups excluding carboxylic acids is 2. The molecule has 2 N–H and O–H groups in total. The number of aryl methyl sites for hydroxylation is 1. The molecule has 0 heterocycles. The predicted octanol–water partition coefficient (Wildman–Crippen LogP) is 2.76. The number of nitriles is 1. The zero-order valence-corrected chi connectivity index (χ0v) is 14.7. The molecule has 0 saturated carbocycles. The quantitative estimate of drug-likeness (QED) is 0.626. The lowest BCUT2D eigenvalue weighted by atomic mass is 10.1. The number of rotatable bonds is 5. The van der Waals surface area contributed by atoms with Crippen LogP contribution in [0.1, 0.15) is 16.7 Å². The Morgan fingerprint density at radius 3 is 2.58 bits per heavy atom. The average Bonchev–Trinajstić information content (AvgIpc) is 2.66. The van der Waals surface area contributed by atoms with Crippen LogP contribution in [0, 0.1) is 18.3 Å². The number of hydrogen-bond donors (Lipinski definition) is 2. The molecule has 0 aliphatic heterocycles. The van der Waals surface area contributed by atoms with Gasteiger partial charge in [0.15, 0.2) is 6.61 Å². The second kappa shape index (κ2) is 9.25. The summed E-state index contributed by atoms with van der Waals surface area (Å²) in [6.45, 7) is 1.58. The molecule has 6 nitrogen and oxygen atoms in total. The fourth-order valence-electron chi connectivity index (χ4n) is 1.91. The van der Waals surface area contributed by atoms with Gasteiger partial charge in [0.1, 0.15) is 5.75 Å². The Kier molecular flexibility index (Phi) is 6.77. The third kappa shape index (κ3) is 5.96. The molecule has 0 spiro atoms. The topological polar surface area (TPSA) is 91.2 Å². The lowest BCUT2D eigenvalue weighted by molar-refractivity contribution is -0.128. The van der Waals surface area contributed by atoms with Crippen LogP contribution in [-0.4, -0.2) is 18.4 Å². The highest BCUT2D eigenvalue weighted by atomic mass is 35.5. The molecule has 0 aliphatic carbocycles. The van der Waals surface area contributed by atoms with E-state index in [2.05, 4.69) is 10.9 Å². The molecule has 0 aliphatic rings. The minimum Gasteiger partial charge on any atom is -0.484 e. The standard InChI is InChI=1S/C19H16ClN3O3/c1-13-10-16(7-8-17(13)20)26-12-19(25)23-22-18(24)9-6-14-2-4-15(11-21)5-3-14/h2-10H,12H2,1H3,(H,22,24)(H,23,25)/b9-6+. The number of amides is 2. The zero-order chi connectivity index (χ0) is 18.9. The smallest absolute Gasteiger partial charge is 0.276 e. The van der Waals surface area contributed by atoms with Gasteiger partial charge >= 0.3 is 0 Å². The first kappa shape index (κ1) is 19.0. The number of nitrogens with zero attached hydrogens (tertiary/aromatic N) is 1. The third-order valence-corrected chi connectivity index (χ3v) is 3.72. The van der Waals surface area contributed by atoms with E-state index in [1.54, 1.807) is 48.5 Å². The van der Waals surface area contributed by atoms with E-state index in [0.717, 1.165) is 11.1 Å². The van der Waals surface area contributed by atoms with Crippen LogP contribution < -0.4 is 15.6 Å². The Morgan fingerprint density at radius 2 is 1.92 bits per heavy atom. The van der Waals surface area contributed by atoms with Gasteiger partial charge < -0.3 is 4.74 Å². The first-order valence-corrected chi connectivity index (χ1v) is 8.02. The Morgan fingerprint density at radius 1 is 1.19 bits per heavy atom. The minimum atomic E-state index is -0.502. The zero-order valence-electron chi connectivity index (χ0n) is 14.0. The second-order valence-electron chi connectivity index (χ2n) is 5.30. The average molecular weight is 370 g/mol. The van der Waals surface area contributed by atoms with Crippen molar-refractivity contribution in [2.75, 3.05) is 6.61 Å². The maximum atomic E-state index is 11.7. The van der Waals surface area contributed by atoms with Crippen molar-refractivity contribution in [3.05, 3.63) is 70.3 Å². The first-order valence-electron chi connectivity index (χ1n) is 7.64. The summed E-state index contributed by atoms with van der Waals surface area (Å²) in [4.78, 5) is 23.4. The summed E-state index contributed by atoms with van der Waals surface area (Å²) in [7, 11) is 0. The number of nitrogens with one attached hydrogen (secondary N) is 2. The molecule has 2 aromatic rings. The van der Waals surface area contributed by atoms with Gasteiger partial charge in [-0.05, 0) is 54.5 Å². The fraction of sp³-hybridized carbons (Fsp3) is 0.105. The van der Waals surface area contributed by atoms with Crippen LogP contribution in [0.25, 0.3) is 6.08 Å². The molecule has 0 unspecified atom stereocenters. The second-order valence-corrected chi connectivity index (χ2v) is 5.71. The molecule has 2 rings (SSSR count). The first-order chi connectivity index (χ1) is 12.5. The highest BCUT2D eigenvalue weighted by Gasteiger charge is 2.05. The van der Waals surface area contributed by atoms with E-state index in [0.29, 0.717) is 16.3 Å². The highest BCUT2D eigenvalue weighted by molar-refractivity contribution is 6.31. The van der Waals surface area contributed by atoms with Gasteiger partial charge in [-0.1, -0.05) is 23.7 Å². The van der Waals surface area contributed by atoms with E-state index in [4.69, 9.17) is 21.6 Å². The Bertz CT molecular complexity index is 871. The van der Waals surface area contributed by atoms with Gasteiger partial charge in [-0.2, -0.15) is 5.26 Å². The molecule has 0 saturated heterocycles. The van der Waals surface area contributed by atoms with Gasteiger partial charge in [0.25, 0.3) is 11.8 Å². The van der Waals surface area contributed by atoms with Crippen LogP contribution >= 0.6 is 11.6 Å². The van der Waals surface area contributed by atoms with Gasteiger partial charge in [0.05, 0.1) is 11.6 Å². The van der Waals surface area contributed by atoms with Crippen molar-refractivity contribution in [3.8, 4) is 11.8 Å². The predicted molar refractivity (Wildman–Crippen MR) is 98.2 cm³/mol. The summed E-state index contributed by atoms with van der Waals surface area (Å²) in [6.07, 6.45) is 2.83. The molecule has 7 heteroatoms. The lowest BCUT2D eigenvalue weighted by Crippen LogP contribution is -2.43. The Labute approximate surface area is 156 Å². The number of ether oxygens (including phenoxy) is 1. The molecule has 0 fully saturated rings. The summed E-state index contributed by atoms with van der Waals surface area (Å²) in [5, 5.41) is 9.34. The van der Waals surface area contributed by atoms with Crippen molar-refractivity contribution in [3.63, 3.8) is 0 Å². The molecule has 0 atom stereocenters. The molecule has 0 aromatic heterocycles. The highest BCUT2D eigenvalue weighted by Crippen LogP contribution is 2.20. The maximum absolute atomic E-state index is 11.7. The lowest BCUT2D eigenvalue weighted by Gasteiger charge is -2.08. The normalized spacial score (nSPS) is 10.2. The van der Waals surface area contributed by atoms with Crippen LogP contribution in [0.3, 0.4) is 0 Å². The molecule has 0 bridgehead atoms. The van der Waals surface area contributed by atoms with Gasteiger partial charge in [0, 0.05) is 11.1 Å². The van der Waals surface area contributed by atoms with E-state index in [-0.39, 0.29) is 6.61 Å². The van der Waals surface area contributed by atoms with Gasteiger partial charge in [-0.3, -0.25) is 20.4 Å². The molecule has 26 heavy (non-hydrogen) atoms. The van der Waals surface area contributed by atoms with E-state index >= 15 is 0 Å². The number of hydrazine groups is 1. The van der Waals surface area contributed by atoms with Crippen LogP contribution in [0.4, 0.5) is 0 Å². The molecule has 0 radical (unpaired) electrons. The number of carbonyl (C=O) groups is 2. The molecular weight excluding hydrogens is 354 g/mol. The van der Waals surface area contributed by atoms with Crippen LogP contribution in [-0.2, 0) is 9.59 Å². The maximum Gasteiger partial charge on any atom is 0.276 e. The van der Waals surface area contributed by atoms with Crippen LogP contribution in [0.2, 0.25) is 5.02 Å². The summed E-state index contributed by atoms with van der Waals surface area (Å²) >= 11 is 5.91. The van der Waals surface area contributed by atoms with E-state index in [1.165, 1.54) is 6.08 Å². The van der Waals surface area contributed by atoms with Crippen molar-refractivity contribution in [1.82, 2.24) is 10.9 Å². The van der Waals surface area contributed by atoms with Crippen molar-refractivity contribution >= 4 is 29.5 Å². The summed E-state index contributed by atoms with van der Waals surface area (Å²) in [6, 6.07) is 13.8. The van der Waals surface area contributed by atoms with Gasteiger partial charge in [-0.25, -0.2) is 0 Å². The Hall–Kier alpha value is -3.30. The number of halogens is 1. The molecule has 132 valence electrons. The van der Waals surface area contributed by atoms with Gasteiger partial charge in [0.2, 0.25) is 0 Å². The number of benzene rings is 2. The van der Waals surface area contributed by atoms with Crippen LogP contribution in [0.15, 0.2) is 48.5 Å². The van der Waals surface area contributed by atoms with Crippen molar-refractivity contribution in [1.29, 1.82) is 5.26 Å². The van der Waals surface area contributed by atoms with E-state index in [1.807, 2.05) is 13.0 Å². The van der Waals surface area contributed by atoms with Crippen LogP contribution in [0.5, 0.6) is 5.75 Å². The minimum absolute atomic E-state index is 0.249. The van der Waals surface area contributed by atoms with Crippen molar-refractivity contribution in [2.24, 2.45) is 0 Å². The monoisotopic (exact) mass is 369 g/mol. The summed E-state index contributed by atoms with van der Waals surface area (Å²) in [5.41, 5.74) is 6.63. The van der Waals surface area contributed by atoms with Crippen molar-refractivity contribution < 1.29 is 14.3 Å². The molecule has 2 aromatic carbocycles. The molecule has 2 amide bonds. The van der Waals surface area contributed by atoms with Gasteiger partial charge in [-0.15, -0.1) is 0 Å². The van der Waals surface area contributed by atoms with E-state index in [9.17, 15) is 9.59 Å². The molecular formula is C19H16ClN3O3. The third-order valence-electron chi connectivity index (χ3n) is 3.29. The number of hydrogen-bond acceptors (Lipinski definition) is 4. The fourth-order valence-corrected chi connectivity index (χ4v) is 2.02. The largest absolute Gasteiger partial charge is 0.484 e.